The maximum absolute atomic E-state index is 11.7. The first-order valence-electron chi connectivity index (χ1n) is 14.1. The third-order valence-corrected chi connectivity index (χ3v) is 8.41. The van der Waals surface area contributed by atoms with Crippen molar-refractivity contribution in [3.05, 3.63) is 106 Å². The maximum Gasteiger partial charge on any atom is 0.335 e. The molecular formula is C32H35Cl2N5O4S2. The van der Waals surface area contributed by atoms with Crippen molar-refractivity contribution in [3.8, 4) is 11.5 Å². The second kappa shape index (κ2) is 14.8. The Balaban J connectivity index is 0.00000230. The Morgan fingerprint density at radius 1 is 1.07 bits per heavy atom. The van der Waals surface area contributed by atoms with E-state index in [-0.39, 0.29) is 44.7 Å². The molecule has 3 heterocycles. The topological polar surface area (TPSA) is 94.6 Å². The van der Waals surface area contributed by atoms with Gasteiger partial charge in [-0.25, -0.2) is 14.8 Å². The van der Waals surface area contributed by atoms with Crippen LogP contribution in [-0.4, -0.2) is 53.8 Å². The van der Waals surface area contributed by atoms with Crippen molar-refractivity contribution in [2.24, 2.45) is 0 Å². The second-order valence-electron chi connectivity index (χ2n) is 10.6. The predicted molar refractivity (Wildman–Crippen MR) is 186 cm³/mol. The third-order valence-electron chi connectivity index (χ3n) is 7.88. The Kier molecular flexibility index (Phi) is 11.4. The summed E-state index contributed by atoms with van der Waals surface area (Å²) in [5.74, 6) is 1.26. The molecule has 1 N–H and O–H groups in total. The predicted octanol–water partition coefficient (Wildman–Crippen LogP) is 6.76. The molecule has 238 valence electrons. The van der Waals surface area contributed by atoms with E-state index in [0.29, 0.717) is 35.5 Å². The average molecular weight is 689 g/mol. The minimum atomic E-state index is -0.962. The van der Waals surface area contributed by atoms with E-state index >= 15 is 0 Å². The summed E-state index contributed by atoms with van der Waals surface area (Å²) in [5.41, 5.74) is 3.79. The minimum Gasteiger partial charge on any atom is -0.487 e. The van der Waals surface area contributed by atoms with Crippen LogP contribution in [0.2, 0.25) is 10.0 Å². The van der Waals surface area contributed by atoms with E-state index in [1.807, 2.05) is 36.8 Å². The number of hydrogen-bond acceptors (Lipinski definition) is 6. The van der Waals surface area contributed by atoms with Gasteiger partial charge in [0.15, 0.2) is 0 Å². The van der Waals surface area contributed by atoms with E-state index in [1.165, 1.54) is 0 Å². The highest BCUT2D eigenvalue weighted by Gasteiger charge is 2.38. The lowest BCUT2D eigenvalue weighted by atomic mass is 10.0. The van der Waals surface area contributed by atoms with Crippen molar-refractivity contribution in [1.29, 1.82) is 0 Å². The van der Waals surface area contributed by atoms with Gasteiger partial charge in [0.05, 0.1) is 46.7 Å². The first kappa shape index (κ1) is 34.5. The molecule has 1 fully saturated rings. The van der Waals surface area contributed by atoms with Crippen molar-refractivity contribution in [3.63, 3.8) is 0 Å². The van der Waals surface area contributed by atoms with Gasteiger partial charge in [-0.15, -0.1) is 0 Å². The van der Waals surface area contributed by atoms with Gasteiger partial charge in [0.25, 0.3) is 0 Å². The van der Waals surface area contributed by atoms with Crippen LogP contribution >= 0.6 is 50.2 Å². The fourth-order valence-electron chi connectivity index (χ4n) is 5.34. The molecule has 0 aliphatic carbocycles. The Morgan fingerprint density at radius 2 is 1.89 bits per heavy atom. The number of rotatable bonds is 11. The van der Waals surface area contributed by atoms with E-state index in [9.17, 15) is 9.90 Å². The molecule has 3 aromatic carbocycles. The van der Waals surface area contributed by atoms with E-state index in [0.717, 1.165) is 47.0 Å². The highest BCUT2D eigenvalue weighted by molar-refractivity contribution is 7.59. The van der Waals surface area contributed by atoms with Gasteiger partial charge in [-0.2, -0.15) is 27.0 Å². The van der Waals surface area contributed by atoms with Crippen molar-refractivity contribution >= 4 is 67.2 Å². The molecule has 1 aliphatic heterocycles. The number of aryl methyl sites for hydroxylation is 1. The first-order chi connectivity index (χ1) is 20.8. The largest absolute Gasteiger partial charge is 0.487 e. The van der Waals surface area contributed by atoms with E-state index in [1.54, 1.807) is 36.4 Å². The van der Waals surface area contributed by atoms with Crippen molar-refractivity contribution in [1.82, 2.24) is 24.0 Å². The number of carboxylic acid groups (broad SMARTS) is 1. The average Bonchev–Trinajstić information content (AvgIpc) is 3.59. The molecule has 0 spiro atoms. The van der Waals surface area contributed by atoms with Crippen LogP contribution in [0, 0.1) is 0 Å². The molecule has 1 aliphatic rings. The lowest BCUT2D eigenvalue weighted by molar-refractivity contribution is -0.0431. The monoisotopic (exact) mass is 687 g/mol. The summed E-state index contributed by atoms with van der Waals surface area (Å²) in [6.45, 7) is 7.24. The van der Waals surface area contributed by atoms with Crippen LogP contribution in [0.25, 0.3) is 11.0 Å². The van der Waals surface area contributed by atoms with Gasteiger partial charge in [-0.1, -0.05) is 35.3 Å². The second-order valence-corrected chi connectivity index (χ2v) is 11.5. The first-order valence-corrected chi connectivity index (χ1v) is 14.8. The molecule has 0 saturated carbocycles. The zero-order valence-corrected chi connectivity index (χ0v) is 28.3. The number of imidazole rings is 2. The zero-order valence-electron chi connectivity index (χ0n) is 24.8. The molecule has 9 nitrogen and oxygen atoms in total. The lowest BCUT2D eigenvalue weighted by Gasteiger charge is -2.45. The molecule has 2 aromatic heterocycles. The summed E-state index contributed by atoms with van der Waals surface area (Å²) in [6, 6.07) is 18.2. The van der Waals surface area contributed by atoms with Crippen LogP contribution < -0.4 is 9.47 Å². The summed E-state index contributed by atoms with van der Waals surface area (Å²) in [7, 11) is 0. The third kappa shape index (κ3) is 7.56. The number of carbonyl (C=O) groups is 1. The molecule has 0 amide bonds. The number of aromatic nitrogens is 4. The molecule has 0 radical (unpaired) electrons. The summed E-state index contributed by atoms with van der Waals surface area (Å²) >= 11 is 12.2. The zero-order chi connectivity index (χ0) is 30.1. The van der Waals surface area contributed by atoms with E-state index in [2.05, 4.69) is 32.9 Å². The molecule has 0 bridgehead atoms. The summed E-state index contributed by atoms with van der Waals surface area (Å²) < 4.78 is 16.4. The van der Waals surface area contributed by atoms with Crippen molar-refractivity contribution < 1.29 is 19.4 Å². The number of hydrogen-bond donors (Lipinski definition) is 1. The van der Waals surface area contributed by atoms with E-state index < -0.39 is 5.97 Å². The smallest absolute Gasteiger partial charge is 0.335 e. The van der Waals surface area contributed by atoms with Crippen LogP contribution in [-0.2, 0) is 26.2 Å². The van der Waals surface area contributed by atoms with Crippen LogP contribution in [0.1, 0.15) is 41.3 Å². The van der Waals surface area contributed by atoms with Gasteiger partial charge >= 0.3 is 5.97 Å². The van der Waals surface area contributed by atoms with Gasteiger partial charge in [0, 0.05) is 30.4 Å². The summed E-state index contributed by atoms with van der Waals surface area (Å²) in [4.78, 5) is 23.2. The molecule has 5 aromatic rings. The highest BCUT2D eigenvalue weighted by Crippen LogP contribution is 2.30. The number of aromatic carboxylic acids is 1. The SMILES string of the molecule is CCn1cncc1Cn1c(CN2C[C@H](Oc3cccc(COc4ccc(Cl)cc4Cl)c3)[C@@H]2C)nc2ccc(C(=O)O)cc21.S.S. The Morgan fingerprint density at radius 3 is 2.62 bits per heavy atom. The number of ether oxygens (including phenoxy) is 2. The van der Waals surface area contributed by atoms with Gasteiger partial charge < -0.3 is 23.7 Å². The molecule has 13 heteroatoms. The Bertz CT molecular complexity index is 1800. The molecule has 1 saturated heterocycles. The van der Waals surface area contributed by atoms with Crippen molar-refractivity contribution in [2.45, 2.75) is 52.2 Å². The Labute approximate surface area is 285 Å². The molecule has 2 atom stereocenters. The van der Waals surface area contributed by atoms with Gasteiger partial charge in [0.1, 0.15) is 30.0 Å². The standard InChI is InChI=1S/C32H31Cl2N5O4.2H2S/c1-3-37-19-35-14-24(37)15-39-28-12-22(32(40)41)7-9-27(28)36-31(39)17-38-16-30(20(38)2)43-25-6-4-5-21(11-25)18-42-29-10-8-23(33)13-26(29)34;;/h4-14,19-20,30H,3,15-18H2,1-2H3,(H,40,41);2*1H2/t20-,30-;;/m0../s1. The highest BCUT2D eigenvalue weighted by atomic mass is 35.5. The molecule has 0 unspecified atom stereocenters. The van der Waals surface area contributed by atoms with Crippen LogP contribution in [0.15, 0.2) is 73.2 Å². The van der Waals surface area contributed by atoms with Crippen molar-refractivity contribution in [2.75, 3.05) is 6.54 Å². The normalized spacial score (nSPS) is 16.0. The van der Waals surface area contributed by atoms with Crippen LogP contribution in [0.4, 0.5) is 0 Å². The fourth-order valence-corrected chi connectivity index (χ4v) is 5.80. The number of halogens is 2. The van der Waals surface area contributed by atoms with Gasteiger partial charge in [-0.05, 0) is 67.9 Å². The quantitative estimate of drug-likeness (QED) is 0.164. The van der Waals surface area contributed by atoms with Gasteiger partial charge in [-0.3, -0.25) is 4.90 Å². The van der Waals surface area contributed by atoms with Crippen LogP contribution in [0.5, 0.6) is 11.5 Å². The fraction of sp³-hybridized carbons (Fsp3) is 0.281. The summed E-state index contributed by atoms with van der Waals surface area (Å²) in [5, 5.41) is 10.6. The number of fused-ring (bicyclic) bond motifs is 1. The van der Waals surface area contributed by atoms with E-state index in [4.69, 9.17) is 37.7 Å². The maximum atomic E-state index is 11.7. The number of benzene rings is 3. The number of nitrogens with zero attached hydrogens (tertiary/aromatic N) is 5. The minimum absolute atomic E-state index is 0. The number of carboxylic acids is 1. The van der Waals surface area contributed by atoms with Crippen LogP contribution in [0.3, 0.4) is 0 Å². The Hall–Kier alpha value is -3.35. The number of likely N-dealkylation sites (tertiary alicyclic amines) is 1. The molecule has 45 heavy (non-hydrogen) atoms. The summed E-state index contributed by atoms with van der Waals surface area (Å²) in [6.07, 6.45) is 3.67. The molecular weight excluding hydrogens is 653 g/mol. The molecule has 6 rings (SSSR count). The van der Waals surface area contributed by atoms with Gasteiger partial charge in [0.2, 0.25) is 0 Å². The lowest BCUT2D eigenvalue weighted by Crippen LogP contribution is -2.60.